The molecule has 0 saturated heterocycles. The molecule has 2 saturated carbocycles. The van der Waals surface area contributed by atoms with E-state index in [1.807, 2.05) is 12.1 Å². The number of aromatic nitrogens is 1. The van der Waals surface area contributed by atoms with E-state index in [9.17, 15) is 9.90 Å². The van der Waals surface area contributed by atoms with Gasteiger partial charge in [-0.1, -0.05) is 12.5 Å². The van der Waals surface area contributed by atoms with Crippen LogP contribution in [-0.4, -0.2) is 10.1 Å². The Morgan fingerprint density at radius 3 is 2.95 bits per heavy atom. The lowest BCUT2D eigenvalue weighted by Crippen LogP contribution is -2.19. The van der Waals surface area contributed by atoms with Crippen LogP contribution < -0.4 is 5.76 Å². The first kappa shape index (κ1) is 11.3. The van der Waals surface area contributed by atoms with Crippen molar-refractivity contribution in [1.82, 2.24) is 4.98 Å². The van der Waals surface area contributed by atoms with Crippen molar-refractivity contribution < 1.29 is 9.52 Å². The van der Waals surface area contributed by atoms with Crippen LogP contribution in [-0.2, 0) is 0 Å². The average Bonchev–Trinajstić information content (AvgIpc) is 3.09. The van der Waals surface area contributed by atoms with Gasteiger partial charge in [-0.3, -0.25) is 4.98 Å². The van der Waals surface area contributed by atoms with E-state index in [4.69, 9.17) is 4.42 Å². The highest BCUT2D eigenvalue weighted by Crippen LogP contribution is 2.52. The van der Waals surface area contributed by atoms with Gasteiger partial charge in [-0.05, 0) is 54.7 Å². The Bertz CT molecular complexity index is 671. The SMILES string of the molecule is O=c1[nH]c2ccc(C(O)C3CC4CCC3C4)cc2o1. The summed E-state index contributed by atoms with van der Waals surface area (Å²) < 4.78 is 5.06. The van der Waals surface area contributed by atoms with Crippen LogP contribution in [0.5, 0.6) is 0 Å². The molecule has 1 aromatic carbocycles. The van der Waals surface area contributed by atoms with Crippen LogP contribution in [0.1, 0.15) is 37.4 Å². The lowest BCUT2D eigenvalue weighted by Gasteiger charge is -2.26. The molecule has 2 aromatic rings. The van der Waals surface area contributed by atoms with E-state index in [1.165, 1.54) is 19.3 Å². The molecule has 0 amide bonds. The van der Waals surface area contributed by atoms with E-state index in [-0.39, 0.29) is 0 Å². The fourth-order valence-electron chi connectivity index (χ4n) is 4.07. The summed E-state index contributed by atoms with van der Waals surface area (Å²) in [6.45, 7) is 0. The van der Waals surface area contributed by atoms with Crippen molar-refractivity contribution >= 4 is 11.1 Å². The van der Waals surface area contributed by atoms with Gasteiger partial charge in [0, 0.05) is 0 Å². The van der Waals surface area contributed by atoms with Crippen LogP contribution in [0.3, 0.4) is 0 Å². The Morgan fingerprint density at radius 2 is 2.21 bits per heavy atom. The number of rotatable bonds is 2. The summed E-state index contributed by atoms with van der Waals surface area (Å²) in [6, 6.07) is 5.50. The number of hydrogen-bond acceptors (Lipinski definition) is 3. The minimum atomic E-state index is -0.443. The van der Waals surface area contributed by atoms with Crippen LogP contribution >= 0.6 is 0 Å². The molecule has 100 valence electrons. The number of fused-ring (bicyclic) bond motifs is 3. The van der Waals surface area contributed by atoms with Gasteiger partial charge in [0.1, 0.15) is 0 Å². The zero-order valence-corrected chi connectivity index (χ0v) is 10.6. The summed E-state index contributed by atoms with van der Waals surface area (Å²) in [5.41, 5.74) is 2.09. The van der Waals surface area contributed by atoms with Crippen molar-refractivity contribution in [2.75, 3.05) is 0 Å². The molecule has 1 heterocycles. The summed E-state index contributed by atoms with van der Waals surface area (Å²) in [5.74, 6) is 1.43. The van der Waals surface area contributed by atoms with Gasteiger partial charge in [0.2, 0.25) is 0 Å². The van der Waals surface area contributed by atoms with Crippen LogP contribution in [0, 0.1) is 17.8 Å². The molecule has 2 aliphatic rings. The maximum absolute atomic E-state index is 11.1. The Hall–Kier alpha value is -1.55. The molecule has 1 aromatic heterocycles. The van der Waals surface area contributed by atoms with Gasteiger partial charge in [0.25, 0.3) is 0 Å². The first-order valence-corrected chi connectivity index (χ1v) is 7.01. The van der Waals surface area contributed by atoms with Gasteiger partial charge in [-0.25, -0.2) is 4.79 Å². The molecule has 4 heteroatoms. The first-order chi connectivity index (χ1) is 9.20. The number of aliphatic hydroxyl groups excluding tert-OH is 1. The topological polar surface area (TPSA) is 66.2 Å². The maximum atomic E-state index is 11.1. The number of nitrogens with one attached hydrogen (secondary N) is 1. The number of aromatic amines is 1. The lowest BCUT2D eigenvalue weighted by atomic mass is 9.82. The summed E-state index contributed by atoms with van der Waals surface area (Å²) >= 11 is 0. The summed E-state index contributed by atoms with van der Waals surface area (Å²) in [7, 11) is 0. The summed E-state index contributed by atoms with van der Waals surface area (Å²) in [6.07, 6.45) is 4.58. The van der Waals surface area contributed by atoms with E-state index >= 15 is 0 Å². The second-order valence-corrected chi connectivity index (χ2v) is 6.05. The van der Waals surface area contributed by atoms with Crippen LogP contribution in [0.2, 0.25) is 0 Å². The smallest absolute Gasteiger partial charge is 0.408 e. The largest absolute Gasteiger partial charge is 0.417 e. The van der Waals surface area contributed by atoms with Crippen molar-refractivity contribution in [1.29, 1.82) is 0 Å². The third-order valence-corrected chi connectivity index (χ3v) is 4.98. The zero-order valence-electron chi connectivity index (χ0n) is 10.6. The Morgan fingerprint density at radius 1 is 1.32 bits per heavy atom. The number of oxazole rings is 1. The van der Waals surface area contributed by atoms with Crippen molar-refractivity contribution in [2.24, 2.45) is 17.8 Å². The maximum Gasteiger partial charge on any atom is 0.417 e. The summed E-state index contributed by atoms with van der Waals surface area (Å²) in [5, 5.41) is 10.6. The van der Waals surface area contributed by atoms with Crippen molar-refractivity contribution in [3.05, 3.63) is 34.3 Å². The predicted molar refractivity (Wildman–Crippen MR) is 70.7 cm³/mol. The van der Waals surface area contributed by atoms with E-state index in [0.717, 1.165) is 17.9 Å². The number of H-pyrrole nitrogens is 1. The highest BCUT2D eigenvalue weighted by Gasteiger charge is 2.43. The van der Waals surface area contributed by atoms with E-state index < -0.39 is 11.9 Å². The normalized spacial score (nSPS) is 31.1. The molecular formula is C15H17NO3. The second kappa shape index (κ2) is 3.97. The highest BCUT2D eigenvalue weighted by molar-refractivity contribution is 5.72. The van der Waals surface area contributed by atoms with Crippen LogP contribution in [0.15, 0.2) is 27.4 Å². The van der Waals surface area contributed by atoms with Gasteiger partial charge < -0.3 is 9.52 Å². The van der Waals surface area contributed by atoms with E-state index in [0.29, 0.717) is 22.9 Å². The van der Waals surface area contributed by atoms with Crippen LogP contribution in [0.4, 0.5) is 0 Å². The Labute approximate surface area is 110 Å². The number of benzene rings is 1. The molecular weight excluding hydrogens is 242 g/mol. The Kier molecular flexibility index (Phi) is 2.36. The average molecular weight is 259 g/mol. The van der Waals surface area contributed by atoms with Crippen LogP contribution in [0.25, 0.3) is 11.1 Å². The third-order valence-electron chi connectivity index (χ3n) is 4.98. The minimum absolute atomic E-state index is 0.377. The van der Waals surface area contributed by atoms with E-state index in [2.05, 4.69) is 4.98 Å². The summed E-state index contributed by atoms with van der Waals surface area (Å²) in [4.78, 5) is 13.8. The van der Waals surface area contributed by atoms with Gasteiger partial charge >= 0.3 is 5.76 Å². The first-order valence-electron chi connectivity index (χ1n) is 7.01. The number of hydrogen-bond donors (Lipinski definition) is 2. The molecule has 4 unspecified atom stereocenters. The fraction of sp³-hybridized carbons (Fsp3) is 0.533. The molecule has 4 atom stereocenters. The molecule has 2 bridgehead atoms. The second-order valence-electron chi connectivity index (χ2n) is 6.05. The van der Waals surface area contributed by atoms with Gasteiger partial charge in [0.05, 0.1) is 11.6 Å². The minimum Gasteiger partial charge on any atom is -0.408 e. The molecule has 0 radical (unpaired) electrons. The zero-order chi connectivity index (χ0) is 13.0. The van der Waals surface area contributed by atoms with Crippen molar-refractivity contribution in [2.45, 2.75) is 31.8 Å². The monoisotopic (exact) mass is 259 g/mol. The van der Waals surface area contributed by atoms with Crippen molar-refractivity contribution in [3.63, 3.8) is 0 Å². The molecule has 2 aliphatic carbocycles. The van der Waals surface area contributed by atoms with Gasteiger partial charge in [0.15, 0.2) is 5.58 Å². The van der Waals surface area contributed by atoms with Crippen molar-refractivity contribution in [3.8, 4) is 0 Å². The fourth-order valence-corrected chi connectivity index (χ4v) is 4.07. The molecule has 0 spiro atoms. The van der Waals surface area contributed by atoms with E-state index in [1.54, 1.807) is 6.07 Å². The predicted octanol–water partition coefficient (Wildman–Crippen LogP) is 2.59. The Balaban J connectivity index is 1.67. The molecule has 2 fully saturated rings. The number of aliphatic hydroxyl groups is 1. The molecule has 4 nitrogen and oxygen atoms in total. The molecule has 19 heavy (non-hydrogen) atoms. The van der Waals surface area contributed by atoms with Gasteiger partial charge in [-0.2, -0.15) is 0 Å². The molecule has 2 N–H and O–H groups in total. The highest BCUT2D eigenvalue weighted by atomic mass is 16.4. The lowest BCUT2D eigenvalue weighted by molar-refractivity contribution is 0.0745. The van der Waals surface area contributed by atoms with Gasteiger partial charge in [-0.15, -0.1) is 0 Å². The quantitative estimate of drug-likeness (QED) is 0.871. The molecule has 0 aliphatic heterocycles. The molecule has 4 rings (SSSR count). The standard InChI is InChI=1S/C15H17NO3/c17-14(11-6-8-1-2-9(11)5-8)10-3-4-12-13(7-10)19-15(18)16-12/h3-4,7-9,11,14,17H,1-2,5-6H2,(H,16,18). The third kappa shape index (κ3) is 1.74.